The first kappa shape index (κ1) is 13.1. The second-order valence-electron chi connectivity index (χ2n) is 3.44. The van der Waals surface area contributed by atoms with Crippen molar-refractivity contribution in [3.05, 3.63) is 39.9 Å². The third-order valence-electron chi connectivity index (χ3n) is 2.06. The van der Waals surface area contributed by atoms with Crippen LogP contribution in [-0.4, -0.2) is 24.0 Å². The monoisotopic (exact) mass is 238 g/mol. The minimum Gasteiger partial charge on any atom is -0.465 e. The van der Waals surface area contributed by atoms with Crippen LogP contribution in [0.25, 0.3) is 0 Å². The van der Waals surface area contributed by atoms with E-state index in [1.807, 2.05) is 0 Å². The molecule has 92 valence electrons. The quantitative estimate of drug-likeness (QED) is 0.349. The SMILES string of the molecule is CC(=O)OCCNCc1ccc([N+](=O)[O-])cc1. The van der Waals surface area contributed by atoms with Crippen LogP contribution in [0.5, 0.6) is 0 Å². The number of carbonyl (C=O) groups is 1. The van der Waals surface area contributed by atoms with E-state index < -0.39 is 4.92 Å². The highest BCUT2D eigenvalue weighted by atomic mass is 16.6. The van der Waals surface area contributed by atoms with Gasteiger partial charge in [0.1, 0.15) is 6.61 Å². The van der Waals surface area contributed by atoms with Crippen LogP contribution in [0.15, 0.2) is 24.3 Å². The zero-order chi connectivity index (χ0) is 12.7. The number of rotatable bonds is 6. The van der Waals surface area contributed by atoms with E-state index in [-0.39, 0.29) is 11.7 Å². The number of carbonyl (C=O) groups excluding carboxylic acids is 1. The molecule has 6 nitrogen and oxygen atoms in total. The summed E-state index contributed by atoms with van der Waals surface area (Å²) in [5.41, 5.74) is 1.02. The number of hydrogen-bond acceptors (Lipinski definition) is 5. The molecule has 1 aromatic carbocycles. The summed E-state index contributed by atoms with van der Waals surface area (Å²) in [4.78, 5) is 20.4. The molecule has 1 rings (SSSR count). The molecule has 0 fully saturated rings. The molecular weight excluding hydrogens is 224 g/mol. The molecule has 0 atom stereocenters. The second kappa shape index (κ2) is 6.59. The number of nitrogens with zero attached hydrogens (tertiary/aromatic N) is 1. The first-order chi connectivity index (χ1) is 8.09. The van der Waals surface area contributed by atoms with E-state index in [9.17, 15) is 14.9 Å². The lowest BCUT2D eigenvalue weighted by molar-refractivity contribution is -0.384. The normalized spacial score (nSPS) is 9.94. The van der Waals surface area contributed by atoms with Crippen LogP contribution >= 0.6 is 0 Å². The first-order valence-corrected chi connectivity index (χ1v) is 5.17. The molecule has 0 aliphatic heterocycles. The molecule has 0 aliphatic carbocycles. The van der Waals surface area contributed by atoms with Crippen LogP contribution in [0, 0.1) is 10.1 Å². The van der Waals surface area contributed by atoms with Gasteiger partial charge in [0.2, 0.25) is 0 Å². The molecule has 0 unspecified atom stereocenters. The van der Waals surface area contributed by atoms with Gasteiger partial charge in [0.25, 0.3) is 5.69 Å². The van der Waals surface area contributed by atoms with E-state index in [0.29, 0.717) is 19.7 Å². The smallest absolute Gasteiger partial charge is 0.302 e. The number of non-ortho nitro benzene ring substituents is 1. The van der Waals surface area contributed by atoms with Gasteiger partial charge >= 0.3 is 5.97 Å². The van der Waals surface area contributed by atoms with Gasteiger partial charge in [0.15, 0.2) is 0 Å². The molecule has 17 heavy (non-hydrogen) atoms. The van der Waals surface area contributed by atoms with Gasteiger partial charge in [-0.3, -0.25) is 14.9 Å². The van der Waals surface area contributed by atoms with Crippen molar-refractivity contribution < 1.29 is 14.5 Å². The maximum Gasteiger partial charge on any atom is 0.302 e. The highest BCUT2D eigenvalue weighted by molar-refractivity contribution is 5.65. The Hall–Kier alpha value is -1.95. The molecule has 0 radical (unpaired) electrons. The van der Waals surface area contributed by atoms with Gasteiger partial charge in [-0.25, -0.2) is 0 Å². The van der Waals surface area contributed by atoms with Gasteiger partial charge in [0, 0.05) is 32.1 Å². The van der Waals surface area contributed by atoms with Crippen molar-refractivity contribution in [2.24, 2.45) is 0 Å². The van der Waals surface area contributed by atoms with E-state index in [2.05, 4.69) is 5.32 Å². The van der Waals surface area contributed by atoms with Crippen molar-refractivity contribution in [3.63, 3.8) is 0 Å². The topological polar surface area (TPSA) is 81.5 Å². The summed E-state index contributed by atoms with van der Waals surface area (Å²) in [6.45, 7) is 2.81. The highest BCUT2D eigenvalue weighted by Gasteiger charge is 2.03. The van der Waals surface area contributed by atoms with Gasteiger partial charge in [-0.1, -0.05) is 12.1 Å². The molecule has 0 spiro atoms. The fraction of sp³-hybridized carbons (Fsp3) is 0.364. The Kier molecular flexibility index (Phi) is 5.09. The molecule has 0 saturated carbocycles. The summed E-state index contributed by atoms with van der Waals surface area (Å²) < 4.78 is 4.74. The van der Waals surface area contributed by atoms with Crippen LogP contribution in [0.4, 0.5) is 5.69 Å². The first-order valence-electron chi connectivity index (χ1n) is 5.17. The highest BCUT2D eigenvalue weighted by Crippen LogP contribution is 2.11. The predicted octanol–water partition coefficient (Wildman–Crippen LogP) is 1.25. The number of ether oxygens (including phenoxy) is 1. The Labute approximate surface area is 98.7 Å². The zero-order valence-electron chi connectivity index (χ0n) is 9.51. The van der Waals surface area contributed by atoms with Crippen molar-refractivity contribution in [1.29, 1.82) is 0 Å². The standard InChI is InChI=1S/C11H14N2O4/c1-9(14)17-7-6-12-8-10-2-4-11(5-3-10)13(15)16/h2-5,12H,6-8H2,1H3. The molecule has 0 aromatic heterocycles. The van der Waals surface area contributed by atoms with Crippen LogP contribution in [0.2, 0.25) is 0 Å². The maximum absolute atomic E-state index is 10.5. The number of hydrogen-bond donors (Lipinski definition) is 1. The lowest BCUT2D eigenvalue weighted by Gasteiger charge is -2.04. The number of esters is 1. The van der Waals surface area contributed by atoms with Gasteiger partial charge < -0.3 is 10.1 Å². The summed E-state index contributed by atoms with van der Waals surface area (Å²) in [5.74, 6) is -0.304. The average molecular weight is 238 g/mol. The minimum atomic E-state index is -0.433. The summed E-state index contributed by atoms with van der Waals surface area (Å²) in [5, 5.41) is 13.5. The van der Waals surface area contributed by atoms with E-state index in [0.717, 1.165) is 5.56 Å². The Bertz CT molecular complexity index is 389. The van der Waals surface area contributed by atoms with Gasteiger partial charge in [-0.15, -0.1) is 0 Å². The lowest BCUT2D eigenvalue weighted by atomic mass is 10.2. The third-order valence-corrected chi connectivity index (χ3v) is 2.06. The number of benzene rings is 1. The lowest BCUT2D eigenvalue weighted by Crippen LogP contribution is -2.20. The van der Waals surface area contributed by atoms with Crippen LogP contribution < -0.4 is 5.32 Å². The number of nitro groups is 1. The molecular formula is C11H14N2O4. The predicted molar refractivity (Wildman–Crippen MR) is 61.4 cm³/mol. The third kappa shape index (κ3) is 5.07. The van der Waals surface area contributed by atoms with Gasteiger partial charge in [-0.05, 0) is 5.56 Å². The number of nitrogens with one attached hydrogen (secondary N) is 1. The minimum absolute atomic E-state index is 0.0775. The van der Waals surface area contributed by atoms with E-state index in [4.69, 9.17) is 4.74 Å². The molecule has 6 heteroatoms. The van der Waals surface area contributed by atoms with Crippen molar-refractivity contribution in [2.75, 3.05) is 13.2 Å². The Morgan fingerprint density at radius 3 is 2.59 bits per heavy atom. The van der Waals surface area contributed by atoms with E-state index >= 15 is 0 Å². The Morgan fingerprint density at radius 1 is 1.41 bits per heavy atom. The average Bonchev–Trinajstić information content (AvgIpc) is 2.29. The largest absolute Gasteiger partial charge is 0.465 e. The maximum atomic E-state index is 10.5. The van der Waals surface area contributed by atoms with E-state index in [1.54, 1.807) is 12.1 Å². The molecule has 0 aliphatic rings. The fourth-order valence-corrected chi connectivity index (χ4v) is 1.24. The molecule has 1 N–H and O–H groups in total. The van der Waals surface area contributed by atoms with Crippen molar-refractivity contribution in [2.45, 2.75) is 13.5 Å². The Balaban J connectivity index is 2.27. The molecule has 0 bridgehead atoms. The fourth-order valence-electron chi connectivity index (χ4n) is 1.24. The zero-order valence-corrected chi connectivity index (χ0v) is 9.51. The van der Waals surface area contributed by atoms with Gasteiger partial charge in [-0.2, -0.15) is 0 Å². The Morgan fingerprint density at radius 2 is 2.06 bits per heavy atom. The summed E-state index contributed by atoms with van der Waals surface area (Å²) in [6.07, 6.45) is 0. The van der Waals surface area contributed by atoms with E-state index in [1.165, 1.54) is 19.1 Å². The van der Waals surface area contributed by atoms with Crippen molar-refractivity contribution >= 4 is 11.7 Å². The van der Waals surface area contributed by atoms with Crippen LogP contribution in [0.1, 0.15) is 12.5 Å². The van der Waals surface area contributed by atoms with Crippen LogP contribution in [-0.2, 0) is 16.1 Å². The molecule has 1 aromatic rings. The summed E-state index contributed by atoms with van der Waals surface area (Å²) >= 11 is 0. The molecule has 0 heterocycles. The molecule has 0 amide bonds. The van der Waals surface area contributed by atoms with Crippen molar-refractivity contribution in [1.82, 2.24) is 5.32 Å². The number of nitro benzene ring substituents is 1. The summed E-state index contributed by atoms with van der Waals surface area (Å²) in [7, 11) is 0. The second-order valence-corrected chi connectivity index (χ2v) is 3.44. The van der Waals surface area contributed by atoms with Crippen LogP contribution in [0.3, 0.4) is 0 Å². The summed E-state index contributed by atoms with van der Waals surface area (Å²) in [6, 6.07) is 6.31. The molecule has 0 saturated heterocycles. The van der Waals surface area contributed by atoms with Crippen molar-refractivity contribution in [3.8, 4) is 0 Å². The van der Waals surface area contributed by atoms with Gasteiger partial charge in [0.05, 0.1) is 4.92 Å².